The highest BCUT2D eigenvalue weighted by Gasteiger charge is 2.19. The van der Waals surface area contributed by atoms with E-state index in [2.05, 4.69) is 27.4 Å². The summed E-state index contributed by atoms with van der Waals surface area (Å²) in [6.45, 7) is 3.83. The van der Waals surface area contributed by atoms with Crippen LogP contribution in [-0.2, 0) is 4.79 Å². The maximum Gasteiger partial charge on any atom is 0.326 e. The Labute approximate surface area is 109 Å². The van der Waals surface area contributed by atoms with Crippen molar-refractivity contribution in [1.82, 2.24) is 14.9 Å². The van der Waals surface area contributed by atoms with Gasteiger partial charge in [0.1, 0.15) is 6.04 Å². The minimum Gasteiger partial charge on any atom is -0.480 e. The van der Waals surface area contributed by atoms with Gasteiger partial charge in [-0.05, 0) is 7.05 Å². The molecule has 0 radical (unpaired) electrons. The number of hydrogen-bond acceptors (Lipinski definition) is 7. The lowest BCUT2D eigenvalue weighted by Crippen LogP contribution is -2.46. The van der Waals surface area contributed by atoms with Crippen LogP contribution in [0.3, 0.4) is 0 Å². The van der Waals surface area contributed by atoms with Gasteiger partial charge in [0.05, 0.1) is 5.69 Å². The highest BCUT2D eigenvalue weighted by atomic mass is 32.1. The van der Waals surface area contributed by atoms with E-state index in [0.717, 1.165) is 26.2 Å². The summed E-state index contributed by atoms with van der Waals surface area (Å²) in [4.78, 5) is 17.2. The lowest BCUT2D eigenvalue weighted by atomic mass is 10.2. The number of nitrogens with two attached hydrogens (primary N) is 1. The first-order chi connectivity index (χ1) is 8.56. The van der Waals surface area contributed by atoms with Gasteiger partial charge in [-0.25, -0.2) is 9.99 Å². The quantitative estimate of drug-likeness (QED) is 0.698. The van der Waals surface area contributed by atoms with Gasteiger partial charge in [-0.1, -0.05) is 0 Å². The lowest BCUT2D eigenvalue weighted by Gasteiger charge is -2.32. The molecule has 4 N–H and O–H groups in total. The smallest absolute Gasteiger partial charge is 0.326 e. The highest BCUT2D eigenvalue weighted by Crippen LogP contribution is 2.20. The number of carboxylic acid groups (broad SMARTS) is 1. The van der Waals surface area contributed by atoms with Gasteiger partial charge in [-0.15, -0.1) is 11.3 Å². The molecule has 0 bridgehead atoms. The number of carbonyl (C=O) groups is 1. The van der Waals surface area contributed by atoms with Crippen LogP contribution in [0.15, 0.2) is 5.38 Å². The zero-order valence-electron chi connectivity index (χ0n) is 10.2. The average Bonchev–Trinajstić information content (AvgIpc) is 2.79. The zero-order chi connectivity index (χ0) is 13.1. The van der Waals surface area contributed by atoms with E-state index in [0.29, 0.717) is 10.8 Å². The number of thiazole rings is 1. The number of piperazine rings is 1. The van der Waals surface area contributed by atoms with Crippen molar-refractivity contribution < 1.29 is 9.90 Å². The summed E-state index contributed by atoms with van der Waals surface area (Å²) in [5.74, 6) is -1.06. The van der Waals surface area contributed by atoms with E-state index in [1.165, 1.54) is 11.3 Å². The Hall–Kier alpha value is -1.22. The van der Waals surface area contributed by atoms with Crippen LogP contribution in [-0.4, -0.2) is 59.2 Å². The predicted octanol–water partition coefficient (Wildman–Crippen LogP) is -0.198. The number of rotatable bonds is 4. The first-order valence-electron chi connectivity index (χ1n) is 5.70. The van der Waals surface area contributed by atoms with E-state index in [1.807, 2.05) is 0 Å². The third-order valence-electron chi connectivity index (χ3n) is 2.86. The van der Waals surface area contributed by atoms with Crippen molar-refractivity contribution in [3.8, 4) is 0 Å². The molecule has 0 aromatic carbocycles. The average molecular weight is 271 g/mol. The molecule has 1 atom stereocenters. The van der Waals surface area contributed by atoms with Gasteiger partial charge >= 0.3 is 5.97 Å². The van der Waals surface area contributed by atoms with Gasteiger partial charge < -0.3 is 15.7 Å². The van der Waals surface area contributed by atoms with E-state index < -0.39 is 12.0 Å². The van der Waals surface area contributed by atoms with Crippen molar-refractivity contribution in [3.05, 3.63) is 11.1 Å². The zero-order valence-corrected chi connectivity index (χ0v) is 11.0. The van der Waals surface area contributed by atoms with E-state index >= 15 is 0 Å². The van der Waals surface area contributed by atoms with Gasteiger partial charge in [0.15, 0.2) is 5.13 Å². The topological polar surface area (TPSA) is 94.7 Å². The maximum atomic E-state index is 10.7. The molecule has 0 saturated carbocycles. The number of hydrogen-bond donors (Lipinski definition) is 3. The van der Waals surface area contributed by atoms with E-state index in [-0.39, 0.29) is 0 Å². The largest absolute Gasteiger partial charge is 0.480 e. The minimum atomic E-state index is -1.06. The Morgan fingerprint density at radius 1 is 1.56 bits per heavy atom. The molecule has 1 aliphatic heterocycles. The van der Waals surface area contributed by atoms with Crippen LogP contribution >= 0.6 is 11.3 Å². The number of aliphatic carboxylic acids is 1. The number of nitrogens with zero attached hydrogens (tertiary/aromatic N) is 3. The number of carboxylic acids is 1. The van der Waals surface area contributed by atoms with Gasteiger partial charge in [0.2, 0.25) is 0 Å². The van der Waals surface area contributed by atoms with E-state index in [9.17, 15) is 4.79 Å². The molecule has 0 spiro atoms. The van der Waals surface area contributed by atoms with Crippen molar-refractivity contribution in [2.75, 3.05) is 38.7 Å². The van der Waals surface area contributed by atoms with E-state index in [4.69, 9.17) is 10.8 Å². The molecule has 1 unspecified atom stereocenters. The van der Waals surface area contributed by atoms with Gasteiger partial charge in [-0.2, -0.15) is 0 Å². The molecule has 1 fully saturated rings. The van der Waals surface area contributed by atoms with Crippen LogP contribution < -0.4 is 11.2 Å². The normalized spacial score (nSPS) is 19.7. The summed E-state index contributed by atoms with van der Waals surface area (Å²) >= 11 is 1.37. The Balaban J connectivity index is 1.92. The molecule has 100 valence electrons. The molecule has 0 aliphatic carbocycles. The van der Waals surface area contributed by atoms with Crippen LogP contribution in [0.1, 0.15) is 11.7 Å². The molecule has 2 heterocycles. The molecule has 8 heteroatoms. The van der Waals surface area contributed by atoms with Crippen LogP contribution in [0.2, 0.25) is 0 Å². The van der Waals surface area contributed by atoms with Crippen LogP contribution in [0.5, 0.6) is 0 Å². The second kappa shape index (κ2) is 5.61. The number of hydrazine groups is 1. The summed E-state index contributed by atoms with van der Waals surface area (Å²) in [6, 6.07) is -1.05. The summed E-state index contributed by atoms with van der Waals surface area (Å²) in [7, 11) is 2.09. The lowest BCUT2D eigenvalue weighted by molar-refractivity contribution is -0.138. The second-order valence-corrected chi connectivity index (χ2v) is 5.15. The van der Waals surface area contributed by atoms with Crippen molar-refractivity contribution in [2.45, 2.75) is 6.04 Å². The molecule has 18 heavy (non-hydrogen) atoms. The fourth-order valence-electron chi connectivity index (χ4n) is 1.66. The molecule has 7 nitrogen and oxygen atoms in total. The number of nitrogens with one attached hydrogen (secondary N) is 1. The summed E-state index contributed by atoms with van der Waals surface area (Å²) < 4.78 is 0. The Morgan fingerprint density at radius 3 is 2.83 bits per heavy atom. The van der Waals surface area contributed by atoms with Crippen molar-refractivity contribution in [1.29, 1.82) is 0 Å². The molecule has 2 rings (SSSR count). The minimum absolute atomic E-state index is 0.393. The molecular weight excluding hydrogens is 254 g/mol. The highest BCUT2D eigenvalue weighted by molar-refractivity contribution is 7.13. The fourth-order valence-corrected chi connectivity index (χ4v) is 2.43. The monoisotopic (exact) mass is 271 g/mol. The number of anilines is 1. The van der Waals surface area contributed by atoms with Gasteiger partial charge in [0.25, 0.3) is 0 Å². The number of aromatic nitrogens is 1. The predicted molar refractivity (Wildman–Crippen MR) is 69.4 cm³/mol. The van der Waals surface area contributed by atoms with Crippen molar-refractivity contribution in [2.24, 2.45) is 5.73 Å². The van der Waals surface area contributed by atoms with E-state index in [1.54, 1.807) is 5.38 Å². The summed E-state index contributed by atoms with van der Waals surface area (Å²) in [5, 5.41) is 13.2. The Bertz CT molecular complexity index is 416. The standard InChI is InChI=1S/C10H17N5O2S/c1-14-2-4-15(5-3-14)13-10-12-7(6-18-10)8(11)9(16)17/h6,8H,2-5,11H2,1H3,(H,12,13)(H,16,17). The van der Waals surface area contributed by atoms with Crippen LogP contribution in [0.25, 0.3) is 0 Å². The Kier molecular flexibility index (Phi) is 4.12. The molecule has 0 amide bonds. The van der Waals surface area contributed by atoms with Crippen LogP contribution in [0.4, 0.5) is 5.13 Å². The van der Waals surface area contributed by atoms with Crippen molar-refractivity contribution >= 4 is 22.4 Å². The fraction of sp³-hybridized carbons (Fsp3) is 0.600. The SMILES string of the molecule is CN1CCN(Nc2nc(C(N)C(=O)O)cs2)CC1. The van der Waals surface area contributed by atoms with Gasteiger partial charge in [0, 0.05) is 31.6 Å². The summed E-state index contributed by atoms with van der Waals surface area (Å²) in [5.41, 5.74) is 9.07. The first-order valence-corrected chi connectivity index (χ1v) is 6.58. The third-order valence-corrected chi connectivity index (χ3v) is 3.63. The summed E-state index contributed by atoms with van der Waals surface area (Å²) in [6.07, 6.45) is 0. The molecular formula is C10H17N5O2S. The molecule has 1 aliphatic rings. The number of likely N-dealkylation sites (N-methyl/N-ethyl adjacent to an activating group) is 1. The molecule has 1 aromatic heterocycles. The van der Waals surface area contributed by atoms with Gasteiger partial charge in [-0.3, -0.25) is 10.2 Å². The molecule has 1 aromatic rings. The second-order valence-electron chi connectivity index (χ2n) is 4.30. The third kappa shape index (κ3) is 3.16. The Morgan fingerprint density at radius 2 is 2.22 bits per heavy atom. The first kappa shape index (κ1) is 13.2. The van der Waals surface area contributed by atoms with Crippen LogP contribution in [0, 0.1) is 0 Å². The van der Waals surface area contributed by atoms with Crippen molar-refractivity contribution in [3.63, 3.8) is 0 Å². The maximum absolute atomic E-state index is 10.7. The molecule has 1 saturated heterocycles.